The highest BCUT2D eigenvalue weighted by atomic mass is 79.9. The van der Waals surface area contributed by atoms with Gasteiger partial charge in [0.2, 0.25) is 0 Å². The second-order valence-electron chi connectivity index (χ2n) is 5.28. The zero-order valence-corrected chi connectivity index (χ0v) is 14.1. The van der Waals surface area contributed by atoms with Crippen molar-refractivity contribution in [1.29, 1.82) is 0 Å². The zero-order chi connectivity index (χ0) is 14.7. The fraction of sp³-hybridized carbons (Fsp3) is 0.353. The van der Waals surface area contributed by atoms with Crippen LogP contribution in [0.4, 0.5) is 5.82 Å². The van der Waals surface area contributed by atoms with E-state index in [4.69, 9.17) is 0 Å². The minimum atomic E-state index is 0.902. The summed E-state index contributed by atoms with van der Waals surface area (Å²) < 4.78 is 1.00. The average Bonchev–Trinajstić information content (AvgIpc) is 2.42. The highest BCUT2D eigenvalue weighted by Gasteiger charge is 2.08. The lowest BCUT2D eigenvalue weighted by molar-refractivity contribution is 0.968. The van der Waals surface area contributed by atoms with Crippen LogP contribution in [0.2, 0.25) is 0 Å². The first-order chi connectivity index (χ1) is 9.49. The number of pyridine rings is 1. The summed E-state index contributed by atoms with van der Waals surface area (Å²) in [7, 11) is 0. The lowest BCUT2D eigenvalue weighted by Gasteiger charge is -2.15. The average molecular weight is 333 g/mol. The first-order valence-electron chi connectivity index (χ1n) is 6.90. The molecular formula is C17H21BrN2. The number of halogens is 1. The molecular weight excluding hydrogens is 312 g/mol. The highest BCUT2D eigenvalue weighted by Crippen LogP contribution is 2.22. The third-order valence-electron chi connectivity index (χ3n) is 3.93. The number of anilines is 1. The van der Waals surface area contributed by atoms with Crippen LogP contribution in [0.15, 0.2) is 28.9 Å². The van der Waals surface area contributed by atoms with Crippen LogP contribution < -0.4 is 5.32 Å². The second kappa shape index (κ2) is 6.40. The lowest BCUT2D eigenvalue weighted by atomic mass is 9.92. The molecule has 0 fully saturated rings. The van der Waals surface area contributed by atoms with Gasteiger partial charge in [-0.3, -0.25) is 0 Å². The Hall–Kier alpha value is -1.35. The van der Waals surface area contributed by atoms with E-state index in [-0.39, 0.29) is 0 Å². The zero-order valence-electron chi connectivity index (χ0n) is 12.5. The van der Waals surface area contributed by atoms with Gasteiger partial charge >= 0.3 is 0 Å². The minimum Gasteiger partial charge on any atom is -0.370 e. The standard InChI is InChI=1S/C17H21BrN2/c1-11-9-12(2)14(4)16(13(11)3)7-8-19-17-6-5-15(18)10-20-17/h5-6,9-10H,7-8H2,1-4H3,(H,19,20). The molecule has 0 saturated carbocycles. The van der Waals surface area contributed by atoms with Gasteiger partial charge in [0, 0.05) is 17.2 Å². The monoisotopic (exact) mass is 332 g/mol. The van der Waals surface area contributed by atoms with Crippen LogP contribution in [-0.4, -0.2) is 11.5 Å². The molecule has 2 nitrogen and oxygen atoms in total. The fourth-order valence-corrected chi connectivity index (χ4v) is 2.70. The number of nitrogens with one attached hydrogen (secondary N) is 1. The Morgan fingerprint density at radius 1 is 1.05 bits per heavy atom. The van der Waals surface area contributed by atoms with Gasteiger partial charge in [-0.15, -0.1) is 0 Å². The van der Waals surface area contributed by atoms with E-state index in [1.165, 1.54) is 27.8 Å². The number of benzene rings is 1. The molecule has 0 aliphatic heterocycles. The van der Waals surface area contributed by atoms with Crippen LogP contribution in [0.1, 0.15) is 27.8 Å². The molecule has 1 N–H and O–H groups in total. The molecule has 0 saturated heterocycles. The predicted molar refractivity (Wildman–Crippen MR) is 89.5 cm³/mol. The van der Waals surface area contributed by atoms with Gasteiger partial charge < -0.3 is 5.32 Å². The number of aromatic nitrogens is 1. The van der Waals surface area contributed by atoms with E-state index >= 15 is 0 Å². The van der Waals surface area contributed by atoms with Crippen molar-refractivity contribution in [2.24, 2.45) is 0 Å². The highest BCUT2D eigenvalue weighted by molar-refractivity contribution is 9.10. The van der Waals surface area contributed by atoms with Crippen molar-refractivity contribution in [3.05, 3.63) is 56.7 Å². The van der Waals surface area contributed by atoms with Crippen molar-refractivity contribution < 1.29 is 0 Å². The number of hydrogen-bond acceptors (Lipinski definition) is 2. The maximum atomic E-state index is 4.33. The first kappa shape index (κ1) is 15.0. The van der Waals surface area contributed by atoms with Gasteiger partial charge in [0.25, 0.3) is 0 Å². The molecule has 0 aliphatic rings. The molecule has 106 valence electrons. The minimum absolute atomic E-state index is 0.902. The maximum absolute atomic E-state index is 4.33. The molecule has 0 amide bonds. The van der Waals surface area contributed by atoms with E-state index in [1.807, 2.05) is 18.3 Å². The van der Waals surface area contributed by atoms with Crippen LogP contribution >= 0.6 is 15.9 Å². The van der Waals surface area contributed by atoms with Crippen molar-refractivity contribution in [3.8, 4) is 0 Å². The molecule has 1 aromatic carbocycles. The summed E-state index contributed by atoms with van der Waals surface area (Å²) >= 11 is 3.40. The van der Waals surface area contributed by atoms with Gasteiger partial charge in [-0.25, -0.2) is 4.98 Å². The van der Waals surface area contributed by atoms with E-state index in [0.29, 0.717) is 0 Å². The van der Waals surface area contributed by atoms with E-state index in [1.54, 1.807) is 0 Å². The Morgan fingerprint density at radius 3 is 2.25 bits per heavy atom. The Labute approximate surface area is 129 Å². The van der Waals surface area contributed by atoms with Crippen molar-refractivity contribution in [2.75, 3.05) is 11.9 Å². The van der Waals surface area contributed by atoms with Crippen molar-refractivity contribution in [3.63, 3.8) is 0 Å². The molecule has 3 heteroatoms. The smallest absolute Gasteiger partial charge is 0.125 e. The molecule has 0 bridgehead atoms. The molecule has 1 heterocycles. The van der Waals surface area contributed by atoms with E-state index in [0.717, 1.165) is 23.3 Å². The molecule has 0 unspecified atom stereocenters. The summed E-state index contributed by atoms with van der Waals surface area (Å²) in [6.45, 7) is 9.72. The van der Waals surface area contributed by atoms with Crippen molar-refractivity contribution >= 4 is 21.7 Å². The van der Waals surface area contributed by atoms with Gasteiger partial charge in [-0.2, -0.15) is 0 Å². The van der Waals surface area contributed by atoms with Crippen LogP contribution in [-0.2, 0) is 6.42 Å². The topological polar surface area (TPSA) is 24.9 Å². The molecule has 2 rings (SSSR count). The number of hydrogen-bond donors (Lipinski definition) is 1. The third kappa shape index (κ3) is 3.40. The van der Waals surface area contributed by atoms with E-state index in [2.05, 4.69) is 60.0 Å². The third-order valence-corrected chi connectivity index (χ3v) is 4.40. The van der Waals surface area contributed by atoms with Crippen LogP contribution in [0.25, 0.3) is 0 Å². The van der Waals surface area contributed by atoms with Gasteiger partial charge in [-0.1, -0.05) is 6.07 Å². The molecule has 0 atom stereocenters. The number of rotatable bonds is 4. The molecule has 0 radical (unpaired) electrons. The van der Waals surface area contributed by atoms with Crippen LogP contribution in [0, 0.1) is 27.7 Å². The summed E-state index contributed by atoms with van der Waals surface area (Å²) in [4.78, 5) is 4.33. The molecule has 0 spiro atoms. The largest absolute Gasteiger partial charge is 0.370 e. The van der Waals surface area contributed by atoms with Crippen LogP contribution in [0.3, 0.4) is 0 Å². The molecule has 2 aromatic rings. The van der Waals surface area contributed by atoms with Gasteiger partial charge in [0.15, 0.2) is 0 Å². The summed E-state index contributed by atoms with van der Waals surface area (Å²) in [6, 6.07) is 6.27. The lowest BCUT2D eigenvalue weighted by Crippen LogP contribution is -2.09. The second-order valence-corrected chi connectivity index (χ2v) is 6.19. The van der Waals surface area contributed by atoms with Gasteiger partial charge in [-0.05, 0) is 90.0 Å². The molecule has 1 aromatic heterocycles. The Kier molecular flexibility index (Phi) is 4.81. The van der Waals surface area contributed by atoms with E-state index < -0.39 is 0 Å². The Balaban J connectivity index is 2.06. The number of aryl methyl sites for hydroxylation is 2. The molecule has 0 aliphatic carbocycles. The fourth-order valence-electron chi connectivity index (χ4n) is 2.47. The summed E-state index contributed by atoms with van der Waals surface area (Å²) in [5.41, 5.74) is 7.05. The van der Waals surface area contributed by atoms with Gasteiger partial charge in [0.1, 0.15) is 5.82 Å². The Bertz CT molecular complexity index is 577. The van der Waals surface area contributed by atoms with Crippen molar-refractivity contribution in [2.45, 2.75) is 34.1 Å². The van der Waals surface area contributed by atoms with Gasteiger partial charge in [0.05, 0.1) is 0 Å². The first-order valence-corrected chi connectivity index (χ1v) is 7.70. The molecule has 20 heavy (non-hydrogen) atoms. The maximum Gasteiger partial charge on any atom is 0.125 e. The SMILES string of the molecule is Cc1cc(C)c(C)c(CCNc2ccc(Br)cn2)c1C. The summed E-state index contributed by atoms with van der Waals surface area (Å²) in [6.07, 6.45) is 2.84. The van der Waals surface area contributed by atoms with Crippen molar-refractivity contribution in [1.82, 2.24) is 4.98 Å². The summed E-state index contributed by atoms with van der Waals surface area (Å²) in [5.74, 6) is 0.924. The Morgan fingerprint density at radius 2 is 1.70 bits per heavy atom. The summed E-state index contributed by atoms with van der Waals surface area (Å²) in [5, 5.41) is 3.38. The quantitative estimate of drug-likeness (QED) is 0.875. The number of nitrogens with zero attached hydrogens (tertiary/aromatic N) is 1. The van der Waals surface area contributed by atoms with E-state index in [9.17, 15) is 0 Å². The predicted octanol–water partition coefficient (Wildman–Crippen LogP) is 4.73. The normalized spacial score (nSPS) is 10.7. The van der Waals surface area contributed by atoms with Crippen LogP contribution in [0.5, 0.6) is 0 Å².